The zero-order valence-electron chi connectivity index (χ0n) is 15.7. The van der Waals surface area contributed by atoms with Crippen LogP contribution in [0.4, 0.5) is 5.69 Å². The highest BCUT2D eigenvalue weighted by Gasteiger charge is 2.20. The molecule has 7 heteroatoms. The van der Waals surface area contributed by atoms with E-state index in [0.717, 1.165) is 11.3 Å². The molecule has 0 aliphatic heterocycles. The van der Waals surface area contributed by atoms with Crippen molar-refractivity contribution >= 4 is 27.4 Å². The molecule has 0 heterocycles. The summed E-state index contributed by atoms with van der Waals surface area (Å²) < 4.78 is 26.3. The molecule has 0 fully saturated rings. The quantitative estimate of drug-likeness (QED) is 0.704. The van der Waals surface area contributed by atoms with E-state index in [2.05, 4.69) is 5.32 Å². The maximum Gasteiger partial charge on any atom is 0.242 e. The second-order valence-corrected chi connectivity index (χ2v) is 8.47. The van der Waals surface area contributed by atoms with Crippen LogP contribution in [0.15, 0.2) is 53.4 Å². The summed E-state index contributed by atoms with van der Waals surface area (Å²) in [5.41, 5.74) is 2.29. The first-order valence-electron chi connectivity index (χ1n) is 8.64. The molecule has 0 bridgehead atoms. The second-order valence-electron chi connectivity index (χ2n) is 6.42. The van der Waals surface area contributed by atoms with Crippen LogP contribution in [0, 0.1) is 6.92 Å². The van der Waals surface area contributed by atoms with Gasteiger partial charge in [-0.05, 0) is 44.5 Å². The van der Waals surface area contributed by atoms with E-state index in [1.165, 1.54) is 42.5 Å². The molecule has 1 amide bonds. The van der Waals surface area contributed by atoms with Crippen molar-refractivity contribution in [1.29, 1.82) is 0 Å². The molecule has 1 N–H and O–H groups in total. The van der Waals surface area contributed by atoms with Crippen LogP contribution >= 0.6 is 0 Å². The molecule has 0 spiro atoms. The number of nitrogens with one attached hydrogen (secondary N) is 1. The van der Waals surface area contributed by atoms with E-state index >= 15 is 0 Å². The SMILES string of the molecule is CC(=O)c1ccc(S(=O)(=O)N(C)CCCC(=O)Nc2ccc(C)cc2)cc1. The summed E-state index contributed by atoms with van der Waals surface area (Å²) in [7, 11) is -2.17. The van der Waals surface area contributed by atoms with Crippen LogP contribution in [-0.2, 0) is 14.8 Å². The number of hydrogen-bond donors (Lipinski definition) is 1. The smallest absolute Gasteiger partial charge is 0.242 e. The second kappa shape index (κ2) is 8.92. The number of anilines is 1. The van der Waals surface area contributed by atoms with Gasteiger partial charge in [-0.3, -0.25) is 9.59 Å². The molecule has 144 valence electrons. The number of carbonyl (C=O) groups excluding carboxylic acids is 2. The summed E-state index contributed by atoms with van der Waals surface area (Å²) in [6, 6.07) is 13.3. The van der Waals surface area contributed by atoms with Crippen LogP contribution < -0.4 is 5.32 Å². The Labute approximate surface area is 160 Å². The molecular formula is C20H24N2O4S. The summed E-state index contributed by atoms with van der Waals surface area (Å²) in [5, 5.41) is 2.79. The molecule has 0 saturated carbocycles. The van der Waals surface area contributed by atoms with Crippen LogP contribution in [-0.4, -0.2) is 38.0 Å². The highest BCUT2D eigenvalue weighted by molar-refractivity contribution is 7.89. The molecule has 0 aliphatic carbocycles. The first kappa shape index (κ1) is 20.8. The van der Waals surface area contributed by atoms with Gasteiger partial charge in [-0.25, -0.2) is 12.7 Å². The van der Waals surface area contributed by atoms with Gasteiger partial charge in [-0.1, -0.05) is 29.8 Å². The minimum absolute atomic E-state index is 0.119. The summed E-state index contributed by atoms with van der Waals surface area (Å²) in [5.74, 6) is -0.276. The highest BCUT2D eigenvalue weighted by atomic mass is 32.2. The van der Waals surface area contributed by atoms with Crippen molar-refractivity contribution in [2.45, 2.75) is 31.6 Å². The van der Waals surface area contributed by atoms with Crippen molar-refractivity contribution < 1.29 is 18.0 Å². The lowest BCUT2D eigenvalue weighted by atomic mass is 10.2. The van der Waals surface area contributed by atoms with Gasteiger partial charge in [0.15, 0.2) is 5.78 Å². The van der Waals surface area contributed by atoms with Crippen LogP contribution in [0.3, 0.4) is 0 Å². The van der Waals surface area contributed by atoms with Crippen molar-refractivity contribution in [2.24, 2.45) is 0 Å². The lowest BCUT2D eigenvalue weighted by molar-refractivity contribution is -0.116. The van der Waals surface area contributed by atoms with Gasteiger partial charge in [-0.15, -0.1) is 0 Å². The zero-order chi connectivity index (χ0) is 20.0. The van der Waals surface area contributed by atoms with Gasteiger partial charge in [0.1, 0.15) is 0 Å². The Morgan fingerprint density at radius 3 is 2.15 bits per heavy atom. The van der Waals surface area contributed by atoms with Crippen molar-refractivity contribution in [3.8, 4) is 0 Å². The van der Waals surface area contributed by atoms with Crippen molar-refractivity contribution in [3.63, 3.8) is 0 Å². The number of Topliss-reactive ketones (excluding diaryl/α,β-unsaturated/α-hetero) is 1. The van der Waals surface area contributed by atoms with Gasteiger partial charge < -0.3 is 5.32 Å². The number of benzene rings is 2. The zero-order valence-corrected chi connectivity index (χ0v) is 16.5. The Kier molecular flexibility index (Phi) is 6.87. The average Bonchev–Trinajstić information content (AvgIpc) is 2.63. The predicted octanol–water partition coefficient (Wildman–Crippen LogP) is 3.24. The summed E-state index contributed by atoms with van der Waals surface area (Å²) in [6.45, 7) is 3.62. The molecule has 0 aromatic heterocycles. The molecule has 2 rings (SSSR count). The van der Waals surface area contributed by atoms with E-state index in [1.54, 1.807) is 0 Å². The Morgan fingerprint density at radius 1 is 1.00 bits per heavy atom. The number of ketones is 1. The molecule has 2 aromatic rings. The van der Waals surface area contributed by atoms with E-state index < -0.39 is 10.0 Å². The Morgan fingerprint density at radius 2 is 1.59 bits per heavy atom. The van der Waals surface area contributed by atoms with Gasteiger partial charge in [0.05, 0.1) is 4.90 Å². The fourth-order valence-corrected chi connectivity index (χ4v) is 3.69. The standard InChI is InChI=1S/C20H24N2O4S/c1-15-6-10-18(11-7-15)21-20(24)5-4-14-22(3)27(25,26)19-12-8-17(9-13-19)16(2)23/h6-13H,4-5,14H2,1-3H3,(H,21,24). The maximum atomic E-state index is 12.6. The monoisotopic (exact) mass is 388 g/mol. The van der Waals surface area contributed by atoms with Crippen LogP contribution in [0.1, 0.15) is 35.7 Å². The normalized spacial score (nSPS) is 11.4. The van der Waals surface area contributed by atoms with E-state index in [0.29, 0.717) is 12.0 Å². The van der Waals surface area contributed by atoms with Crippen molar-refractivity contribution in [2.75, 3.05) is 18.9 Å². The van der Waals surface area contributed by atoms with E-state index in [9.17, 15) is 18.0 Å². The number of aryl methyl sites for hydroxylation is 1. The van der Waals surface area contributed by atoms with Gasteiger partial charge in [0.25, 0.3) is 0 Å². The first-order valence-corrected chi connectivity index (χ1v) is 10.1. The van der Waals surface area contributed by atoms with Gasteiger partial charge >= 0.3 is 0 Å². The molecule has 0 atom stereocenters. The molecule has 0 radical (unpaired) electrons. The molecule has 0 aliphatic rings. The third kappa shape index (κ3) is 5.74. The predicted molar refractivity (Wildman–Crippen MR) is 105 cm³/mol. The Balaban J connectivity index is 1.88. The van der Waals surface area contributed by atoms with E-state index in [4.69, 9.17) is 0 Å². The van der Waals surface area contributed by atoms with Crippen molar-refractivity contribution in [3.05, 3.63) is 59.7 Å². The van der Waals surface area contributed by atoms with E-state index in [-0.39, 0.29) is 29.6 Å². The fourth-order valence-electron chi connectivity index (χ4n) is 2.48. The topological polar surface area (TPSA) is 83.6 Å². The summed E-state index contributed by atoms with van der Waals surface area (Å²) in [4.78, 5) is 23.4. The van der Waals surface area contributed by atoms with Crippen LogP contribution in [0.5, 0.6) is 0 Å². The largest absolute Gasteiger partial charge is 0.326 e. The third-order valence-electron chi connectivity index (χ3n) is 4.18. The average molecular weight is 388 g/mol. The van der Waals surface area contributed by atoms with Crippen LogP contribution in [0.25, 0.3) is 0 Å². The number of rotatable bonds is 8. The van der Waals surface area contributed by atoms with Crippen LogP contribution in [0.2, 0.25) is 0 Å². The maximum absolute atomic E-state index is 12.6. The minimum Gasteiger partial charge on any atom is -0.326 e. The number of nitrogens with zero attached hydrogens (tertiary/aromatic N) is 1. The Hall–Kier alpha value is -2.51. The number of hydrogen-bond acceptors (Lipinski definition) is 4. The van der Waals surface area contributed by atoms with Crippen molar-refractivity contribution in [1.82, 2.24) is 4.31 Å². The molecular weight excluding hydrogens is 364 g/mol. The Bertz CT molecular complexity index is 904. The molecule has 2 aromatic carbocycles. The van der Waals surface area contributed by atoms with Gasteiger partial charge in [0.2, 0.25) is 15.9 Å². The molecule has 27 heavy (non-hydrogen) atoms. The summed E-state index contributed by atoms with van der Waals surface area (Å²) in [6.07, 6.45) is 0.621. The molecule has 0 saturated heterocycles. The molecule has 6 nitrogen and oxygen atoms in total. The number of sulfonamides is 1. The molecule has 0 unspecified atom stereocenters. The van der Waals surface area contributed by atoms with Gasteiger partial charge in [0, 0.05) is 31.3 Å². The highest BCUT2D eigenvalue weighted by Crippen LogP contribution is 2.16. The van der Waals surface area contributed by atoms with E-state index in [1.807, 2.05) is 31.2 Å². The third-order valence-corrected chi connectivity index (χ3v) is 6.05. The van der Waals surface area contributed by atoms with Gasteiger partial charge in [-0.2, -0.15) is 0 Å². The lowest BCUT2D eigenvalue weighted by Crippen LogP contribution is -2.28. The first-order chi connectivity index (χ1) is 12.7. The summed E-state index contributed by atoms with van der Waals surface area (Å²) >= 11 is 0. The number of carbonyl (C=O) groups is 2. The lowest BCUT2D eigenvalue weighted by Gasteiger charge is -2.17. The number of amides is 1. The fraction of sp³-hybridized carbons (Fsp3) is 0.300. The minimum atomic E-state index is -3.65.